The van der Waals surface area contributed by atoms with Crippen molar-refractivity contribution >= 4 is 6.29 Å². The molecule has 1 fully saturated rings. The third-order valence-electron chi connectivity index (χ3n) is 3.38. The number of carbonyl (C=O) groups excluding carboxylic acids is 1. The molecule has 2 atom stereocenters. The molecule has 3 N–H and O–H groups in total. The van der Waals surface area contributed by atoms with Gasteiger partial charge in [0.15, 0.2) is 0 Å². The summed E-state index contributed by atoms with van der Waals surface area (Å²) in [6.07, 6.45) is 4.72. The highest BCUT2D eigenvalue weighted by atomic mass is 16.3. The molecule has 0 unspecified atom stereocenters. The van der Waals surface area contributed by atoms with Crippen LogP contribution in [-0.2, 0) is 10.4 Å². The summed E-state index contributed by atoms with van der Waals surface area (Å²) in [7, 11) is 0. The van der Waals surface area contributed by atoms with Crippen LogP contribution in [0.25, 0.3) is 0 Å². The Morgan fingerprint density at radius 2 is 2.29 bits per heavy atom. The lowest BCUT2D eigenvalue weighted by Crippen LogP contribution is -2.49. The number of aldehydes is 1. The molecule has 2 rings (SSSR count). The van der Waals surface area contributed by atoms with E-state index in [1.165, 1.54) is 0 Å². The molecule has 92 valence electrons. The molecule has 0 aliphatic carbocycles. The van der Waals surface area contributed by atoms with E-state index in [0.717, 1.165) is 11.8 Å². The van der Waals surface area contributed by atoms with Gasteiger partial charge < -0.3 is 15.6 Å². The quantitative estimate of drug-likeness (QED) is 0.709. The smallest absolute Gasteiger partial charge is 0.121 e. The van der Waals surface area contributed by atoms with E-state index >= 15 is 0 Å². The minimum absolute atomic E-state index is 0.445. The highest BCUT2D eigenvalue weighted by molar-refractivity contribution is 5.49. The van der Waals surface area contributed by atoms with E-state index in [2.05, 4.69) is 4.98 Å². The lowest BCUT2D eigenvalue weighted by Gasteiger charge is -2.31. The molecule has 5 heteroatoms. The van der Waals surface area contributed by atoms with Crippen LogP contribution in [0.15, 0.2) is 24.5 Å². The summed E-state index contributed by atoms with van der Waals surface area (Å²) in [5.41, 5.74) is 5.82. The second-order valence-corrected chi connectivity index (χ2v) is 4.35. The van der Waals surface area contributed by atoms with Crippen LogP contribution in [-0.4, -0.2) is 40.5 Å². The maximum Gasteiger partial charge on any atom is 0.121 e. The molecule has 17 heavy (non-hydrogen) atoms. The summed E-state index contributed by atoms with van der Waals surface area (Å²) in [5.74, 6) is 0. The van der Waals surface area contributed by atoms with Crippen molar-refractivity contribution in [2.75, 3.05) is 13.1 Å². The number of nitrogens with two attached hydrogens (primary N) is 1. The Labute approximate surface area is 100 Å². The van der Waals surface area contributed by atoms with Gasteiger partial charge in [-0.25, -0.2) is 0 Å². The molecule has 1 aromatic rings. The molecule has 0 amide bonds. The highest BCUT2D eigenvalue weighted by Crippen LogP contribution is 2.34. The van der Waals surface area contributed by atoms with E-state index in [1.54, 1.807) is 24.5 Å². The molecule has 0 aromatic carbocycles. The van der Waals surface area contributed by atoms with Crippen molar-refractivity contribution in [3.8, 4) is 0 Å². The topological polar surface area (TPSA) is 79.5 Å². The van der Waals surface area contributed by atoms with Crippen molar-refractivity contribution in [2.24, 2.45) is 5.73 Å². The second-order valence-electron chi connectivity index (χ2n) is 4.35. The molecule has 1 aliphatic rings. The summed E-state index contributed by atoms with van der Waals surface area (Å²) in [5, 5.41) is 10.6. The number of hydrogen-bond acceptors (Lipinski definition) is 5. The molecule has 0 radical (unpaired) electrons. The predicted molar refractivity (Wildman–Crippen MR) is 63.0 cm³/mol. The minimum Gasteiger partial charge on any atom is -0.382 e. The van der Waals surface area contributed by atoms with E-state index in [0.29, 0.717) is 25.9 Å². The van der Waals surface area contributed by atoms with E-state index < -0.39 is 11.8 Å². The second kappa shape index (κ2) is 4.91. The van der Waals surface area contributed by atoms with Crippen molar-refractivity contribution in [2.45, 2.75) is 24.6 Å². The van der Waals surface area contributed by atoms with E-state index in [-0.39, 0.29) is 0 Å². The summed E-state index contributed by atoms with van der Waals surface area (Å²) < 4.78 is 0. The van der Waals surface area contributed by atoms with Crippen LogP contribution in [0.1, 0.15) is 18.4 Å². The normalized spacial score (nSPS) is 29.4. The van der Waals surface area contributed by atoms with Gasteiger partial charge in [0.2, 0.25) is 0 Å². The van der Waals surface area contributed by atoms with Gasteiger partial charge in [-0.2, -0.15) is 0 Å². The predicted octanol–water partition coefficient (Wildman–Crippen LogP) is -0.151. The van der Waals surface area contributed by atoms with Crippen LogP contribution in [0.4, 0.5) is 0 Å². The minimum atomic E-state index is -1.04. The average molecular weight is 235 g/mol. The van der Waals surface area contributed by atoms with Crippen LogP contribution in [0.2, 0.25) is 0 Å². The summed E-state index contributed by atoms with van der Waals surface area (Å²) >= 11 is 0. The van der Waals surface area contributed by atoms with Crippen molar-refractivity contribution in [3.05, 3.63) is 30.1 Å². The van der Waals surface area contributed by atoms with Gasteiger partial charge in [0.05, 0.1) is 6.17 Å². The number of hydrogen-bond donors (Lipinski definition) is 2. The average Bonchev–Trinajstić information content (AvgIpc) is 2.66. The van der Waals surface area contributed by atoms with Gasteiger partial charge in [-0.3, -0.25) is 9.88 Å². The number of aromatic nitrogens is 1. The van der Waals surface area contributed by atoms with Crippen molar-refractivity contribution in [3.63, 3.8) is 0 Å². The third-order valence-corrected chi connectivity index (χ3v) is 3.38. The fourth-order valence-electron chi connectivity index (χ4n) is 2.33. The van der Waals surface area contributed by atoms with Crippen LogP contribution < -0.4 is 5.73 Å². The maximum atomic E-state index is 10.6. The molecule has 5 nitrogen and oxygen atoms in total. The first kappa shape index (κ1) is 12.2. The molecular formula is C12H17N3O2. The molecule has 1 aromatic heterocycles. The maximum absolute atomic E-state index is 10.6. The lowest BCUT2D eigenvalue weighted by molar-refractivity contribution is -0.108. The van der Waals surface area contributed by atoms with Gasteiger partial charge in [0, 0.05) is 31.9 Å². The largest absolute Gasteiger partial charge is 0.382 e. The number of nitrogens with zero attached hydrogens (tertiary/aromatic N) is 2. The van der Waals surface area contributed by atoms with Gasteiger partial charge >= 0.3 is 0 Å². The van der Waals surface area contributed by atoms with Gasteiger partial charge in [-0.1, -0.05) is 0 Å². The molecular weight excluding hydrogens is 218 g/mol. The van der Waals surface area contributed by atoms with E-state index in [9.17, 15) is 9.90 Å². The lowest BCUT2D eigenvalue weighted by atomic mass is 9.91. The Balaban J connectivity index is 2.15. The number of carbonyl (C=O) groups is 1. The van der Waals surface area contributed by atoms with Crippen molar-refractivity contribution < 1.29 is 9.90 Å². The molecule has 0 saturated carbocycles. The van der Waals surface area contributed by atoms with E-state index in [4.69, 9.17) is 5.73 Å². The fraction of sp³-hybridized carbons (Fsp3) is 0.500. The fourth-order valence-corrected chi connectivity index (χ4v) is 2.33. The molecule has 2 heterocycles. The van der Waals surface area contributed by atoms with Crippen LogP contribution in [0, 0.1) is 0 Å². The van der Waals surface area contributed by atoms with Crippen LogP contribution in [0.3, 0.4) is 0 Å². The third kappa shape index (κ3) is 2.22. The standard InChI is InChI=1S/C12H17N3O2/c13-11-12(17,10-2-5-14-6-3-10)4-8-15(11)7-1-9-16/h2-3,5-6,9,11,17H,1,4,7-8,13H2/t11-,12+/m1/s1. The van der Waals surface area contributed by atoms with Gasteiger partial charge in [0.25, 0.3) is 0 Å². The summed E-state index contributed by atoms with van der Waals surface area (Å²) in [4.78, 5) is 16.2. The Bertz CT molecular complexity index is 385. The monoisotopic (exact) mass is 235 g/mol. The zero-order valence-corrected chi connectivity index (χ0v) is 9.62. The Kier molecular flexibility index (Phi) is 3.51. The first-order valence-corrected chi connectivity index (χ1v) is 5.74. The number of likely N-dealkylation sites (tertiary alicyclic amines) is 1. The number of aliphatic hydroxyl groups is 1. The van der Waals surface area contributed by atoms with Gasteiger partial charge in [0.1, 0.15) is 11.9 Å². The van der Waals surface area contributed by atoms with Gasteiger partial charge in [-0.05, 0) is 24.1 Å². The Morgan fingerprint density at radius 3 is 2.94 bits per heavy atom. The van der Waals surface area contributed by atoms with Crippen molar-refractivity contribution in [1.82, 2.24) is 9.88 Å². The first-order valence-electron chi connectivity index (χ1n) is 5.74. The molecule has 1 aliphatic heterocycles. The molecule has 0 bridgehead atoms. The molecule has 1 saturated heterocycles. The van der Waals surface area contributed by atoms with Crippen LogP contribution in [0.5, 0.6) is 0 Å². The number of rotatable bonds is 4. The SMILES string of the molecule is N[C@@H]1N(CCC=O)CC[C@]1(O)c1ccncc1. The summed E-state index contributed by atoms with van der Waals surface area (Å²) in [6, 6.07) is 3.56. The number of pyridine rings is 1. The summed E-state index contributed by atoms with van der Waals surface area (Å²) in [6.45, 7) is 1.30. The van der Waals surface area contributed by atoms with Crippen molar-refractivity contribution in [1.29, 1.82) is 0 Å². The van der Waals surface area contributed by atoms with Gasteiger partial charge in [-0.15, -0.1) is 0 Å². The first-order chi connectivity index (χ1) is 8.18. The Morgan fingerprint density at radius 1 is 1.59 bits per heavy atom. The zero-order chi connectivity index (χ0) is 12.3. The Hall–Kier alpha value is -1.30. The zero-order valence-electron chi connectivity index (χ0n) is 9.62. The van der Waals surface area contributed by atoms with Crippen LogP contribution >= 0.6 is 0 Å². The van der Waals surface area contributed by atoms with E-state index in [1.807, 2.05) is 4.90 Å². The molecule has 0 spiro atoms. The highest BCUT2D eigenvalue weighted by Gasteiger charge is 2.44.